The summed E-state index contributed by atoms with van der Waals surface area (Å²) in [5, 5.41) is 15.8. The fourth-order valence-corrected chi connectivity index (χ4v) is 2.78. The average Bonchev–Trinajstić information content (AvgIpc) is 3.16. The Morgan fingerprint density at radius 1 is 1.11 bits per heavy atom. The van der Waals surface area contributed by atoms with Crippen molar-refractivity contribution in [2.24, 2.45) is 0 Å². The van der Waals surface area contributed by atoms with Gasteiger partial charge in [-0.15, -0.1) is 0 Å². The minimum atomic E-state index is -0.681. The highest BCUT2D eigenvalue weighted by atomic mass is 16.7. The van der Waals surface area contributed by atoms with Crippen LogP contribution < -0.4 is 24.8 Å². The number of benzene rings is 2. The predicted molar refractivity (Wildman–Crippen MR) is 100 cm³/mol. The number of hydrogen-bond donors (Lipinski definition) is 3. The largest absolute Gasteiger partial charge is 0.497 e. The lowest BCUT2D eigenvalue weighted by atomic mass is 10.1. The molecule has 0 spiro atoms. The van der Waals surface area contributed by atoms with Crippen molar-refractivity contribution in [3.05, 3.63) is 53.6 Å². The summed E-state index contributed by atoms with van der Waals surface area (Å²) in [5.41, 5.74) is 1.86. The third kappa shape index (κ3) is 5.27. The van der Waals surface area contributed by atoms with Crippen LogP contribution in [-0.4, -0.2) is 38.1 Å². The highest BCUT2D eigenvalue weighted by molar-refractivity contribution is 5.73. The average molecular weight is 372 g/mol. The third-order valence-corrected chi connectivity index (χ3v) is 4.34. The number of ether oxygens (including phenoxy) is 3. The molecule has 2 aromatic rings. The van der Waals surface area contributed by atoms with E-state index in [4.69, 9.17) is 14.2 Å². The first kappa shape index (κ1) is 18.8. The van der Waals surface area contributed by atoms with Crippen molar-refractivity contribution >= 4 is 6.03 Å². The number of methoxy groups -OCH3 is 1. The minimum Gasteiger partial charge on any atom is -0.497 e. The summed E-state index contributed by atoms with van der Waals surface area (Å²) in [4.78, 5) is 11.8. The summed E-state index contributed by atoms with van der Waals surface area (Å²) < 4.78 is 15.7. The van der Waals surface area contributed by atoms with E-state index in [2.05, 4.69) is 10.6 Å². The Balaban J connectivity index is 1.34. The molecule has 1 aliphatic rings. The quantitative estimate of drug-likeness (QED) is 0.662. The molecule has 7 nitrogen and oxygen atoms in total. The van der Waals surface area contributed by atoms with E-state index in [0.29, 0.717) is 31.0 Å². The standard InChI is InChI=1S/C20H24N2O5/c1-25-16-5-2-14(3-6-16)8-10-21-20(24)22-11-9-17(23)15-4-7-18-19(12-15)27-13-26-18/h2-7,12,17,23H,8-11,13H2,1H3,(H2,21,22,24). The lowest BCUT2D eigenvalue weighted by Gasteiger charge is -2.13. The van der Waals surface area contributed by atoms with E-state index in [0.717, 1.165) is 23.3 Å². The van der Waals surface area contributed by atoms with Crippen LogP contribution in [0.4, 0.5) is 4.79 Å². The second-order valence-corrected chi connectivity index (χ2v) is 6.20. The summed E-state index contributed by atoms with van der Waals surface area (Å²) >= 11 is 0. The summed E-state index contributed by atoms with van der Waals surface area (Å²) in [6, 6.07) is 12.8. The Bertz CT molecular complexity index is 763. The van der Waals surface area contributed by atoms with Gasteiger partial charge in [0.25, 0.3) is 0 Å². The zero-order chi connectivity index (χ0) is 19.1. The van der Waals surface area contributed by atoms with E-state index < -0.39 is 6.10 Å². The zero-order valence-corrected chi connectivity index (χ0v) is 15.2. The van der Waals surface area contributed by atoms with E-state index in [1.807, 2.05) is 24.3 Å². The number of hydrogen-bond acceptors (Lipinski definition) is 5. The molecule has 1 unspecified atom stereocenters. The second-order valence-electron chi connectivity index (χ2n) is 6.20. The van der Waals surface area contributed by atoms with Crippen LogP contribution in [0.1, 0.15) is 23.7 Å². The van der Waals surface area contributed by atoms with Gasteiger partial charge < -0.3 is 30.0 Å². The van der Waals surface area contributed by atoms with Gasteiger partial charge in [-0.1, -0.05) is 18.2 Å². The van der Waals surface area contributed by atoms with Crippen LogP contribution in [0.25, 0.3) is 0 Å². The van der Waals surface area contributed by atoms with Gasteiger partial charge in [0.1, 0.15) is 5.75 Å². The number of carbonyl (C=O) groups excluding carboxylic acids is 1. The fraction of sp³-hybridized carbons (Fsp3) is 0.350. The lowest BCUT2D eigenvalue weighted by molar-refractivity contribution is 0.165. The Morgan fingerprint density at radius 3 is 2.63 bits per heavy atom. The summed E-state index contributed by atoms with van der Waals surface area (Å²) in [6.45, 7) is 1.10. The number of aliphatic hydroxyl groups excluding tert-OH is 1. The Labute approximate surface area is 158 Å². The summed E-state index contributed by atoms with van der Waals surface area (Å²) in [6.07, 6.45) is 0.460. The number of rotatable bonds is 8. The minimum absolute atomic E-state index is 0.202. The molecule has 0 saturated carbocycles. The molecule has 0 fully saturated rings. The number of aliphatic hydroxyl groups is 1. The van der Waals surface area contributed by atoms with Crippen LogP contribution in [0.15, 0.2) is 42.5 Å². The first-order valence-electron chi connectivity index (χ1n) is 8.88. The molecule has 7 heteroatoms. The molecule has 1 heterocycles. The van der Waals surface area contributed by atoms with E-state index in [9.17, 15) is 9.90 Å². The molecule has 1 atom stereocenters. The lowest BCUT2D eigenvalue weighted by Crippen LogP contribution is -2.37. The first-order chi connectivity index (χ1) is 13.2. The van der Waals surface area contributed by atoms with E-state index >= 15 is 0 Å². The zero-order valence-electron chi connectivity index (χ0n) is 15.2. The molecule has 0 bridgehead atoms. The SMILES string of the molecule is COc1ccc(CCNC(=O)NCCC(O)c2ccc3c(c2)OCO3)cc1. The van der Waals surface area contributed by atoms with Crippen LogP contribution in [0.2, 0.25) is 0 Å². The van der Waals surface area contributed by atoms with Crippen molar-refractivity contribution in [2.45, 2.75) is 18.9 Å². The smallest absolute Gasteiger partial charge is 0.314 e. The van der Waals surface area contributed by atoms with Crippen molar-refractivity contribution in [3.63, 3.8) is 0 Å². The van der Waals surface area contributed by atoms with Gasteiger partial charge in [0, 0.05) is 13.1 Å². The second kappa shape index (κ2) is 9.14. The van der Waals surface area contributed by atoms with Gasteiger partial charge >= 0.3 is 6.03 Å². The normalized spacial score (nSPS) is 13.1. The third-order valence-electron chi connectivity index (χ3n) is 4.34. The maximum absolute atomic E-state index is 11.8. The number of urea groups is 1. The van der Waals surface area contributed by atoms with Gasteiger partial charge in [0.05, 0.1) is 13.2 Å². The van der Waals surface area contributed by atoms with Crippen LogP contribution >= 0.6 is 0 Å². The molecule has 0 saturated heterocycles. The Morgan fingerprint density at radius 2 is 1.85 bits per heavy atom. The fourth-order valence-electron chi connectivity index (χ4n) is 2.78. The molecule has 3 rings (SSSR count). The molecule has 3 N–H and O–H groups in total. The van der Waals surface area contributed by atoms with E-state index in [1.54, 1.807) is 25.3 Å². The Hall–Kier alpha value is -2.93. The molecule has 27 heavy (non-hydrogen) atoms. The molecular weight excluding hydrogens is 348 g/mol. The van der Waals surface area contributed by atoms with Gasteiger partial charge in [-0.05, 0) is 48.2 Å². The molecule has 0 aromatic heterocycles. The molecule has 0 aliphatic carbocycles. The van der Waals surface area contributed by atoms with Gasteiger partial charge in [-0.3, -0.25) is 0 Å². The van der Waals surface area contributed by atoms with Gasteiger partial charge in [0.2, 0.25) is 6.79 Å². The van der Waals surface area contributed by atoms with Crippen LogP contribution in [0, 0.1) is 0 Å². The van der Waals surface area contributed by atoms with Crippen LogP contribution in [-0.2, 0) is 6.42 Å². The highest BCUT2D eigenvalue weighted by Crippen LogP contribution is 2.34. The van der Waals surface area contributed by atoms with Crippen LogP contribution in [0.3, 0.4) is 0 Å². The highest BCUT2D eigenvalue weighted by Gasteiger charge is 2.16. The molecule has 0 radical (unpaired) electrons. The number of nitrogens with one attached hydrogen (secondary N) is 2. The topological polar surface area (TPSA) is 89.1 Å². The van der Waals surface area contributed by atoms with E-state index in [-0.39, 0.29) is 12.8 Å². The number of amides is 2. The van der Waals surface area contributed by atoms with Crippen molar-refractivity contribution in [2.75, 3.05) is 27.0 Å². The predicted octanol–water partition coefficient (Wildman–Crippen LogP) is 2.39. The van der Waals surface area contributed by atoms with Gasteiger partial charge in [-0.25, -0.2) is 4.79 Å². The van der Waals surface area contributed by atoms with Gasteiger partial charge in [-0.2, -0.15) is 0 Å². The number of fused-ring (bicyclic) bond motifs is 1. The van der Waals surface area contributed by atoms with Gasteiger partial charge in [0.15, 0.2) is 11.5 Å². The Kier molecular flexibility index (Phi) is 6.38. The molecule has 2 amide bonds. The van der Waals surface area contributed by atoms with Crippen molar-refractivity contribution in [1.29, 1.82) is 0 Å². The first-order valence-corrected chi connectivity index (χ1v) is 8.88. The number of carbonyl (C=O) groups is 1. The van der Waals surface area contributed by atoms with Crippen LogP contribution in [0.5, 0.6) is 17.2 Å². The summed E-state index contributed by atoms with van der Waals surface area (Å²) in [5.74, 6) is 2.13. The summed E-state index contributed by atoms with van der Waals surface area (Å²) in [7, 11) is 1.63. The maximum Gasteiger partial charge on any atom is 0.314 e. The molecule has 2 aromatic carbocycles. The maximum atomic E-state index is 11.8. The molecular formula is C20H24N2O5. The van der Waals surface area contributed by atoms with E-state index in [1.165, 1.54) is 0 Å². The van der Waals surface area contributed by atoms with Crippen molar-refractivity contribution in [1.82, 2.24) is 10.6 Å². The van der Waals surface area contributed by atoms with Crippen molar-refractivity contribution in [3.8, 4) is 17.2 Å². The monoisotopic (exact) mass is 372 g/mol. The molecule has 1 aliphatic heterocycles. The van der Waals surface area contributed by atoms with Crippen molar-refractivity contribution < 1.29 is 24.1 Å². The molecule has 144 valence electrons.